The first-order valence-corrected chi connectivity index (χ1v) is 6.69. The smallest absolute Gasteiger partial charge is 0.0465 e. The summed E-state index contributed by atoms with van der Waals surface area (Å²) in [6.07, 6.45) is 1.08. The number of methoxy groups -OCH3 is 1. The third kappa shape index (κ3) is 3.71. The average Bonchev–Trinajstić information content (AvgIpc) is 2.30. The molecule has 1 aromatic carbocycles. The minimum Gasteiger partial charge on any atom is -0.385 e. The fraction of sp³-hybridized carbons (Fsp3) is 0.538. The summed E-state index contributed by atoms with van der Waals surface area (Å²) in [6.45, 7) is 3.09. The van der Waals surface area contributed by atoms with Crippen LogP contribution in [-0.2, 0) is 4.74 Å². The summed E-state index contributed by atoms with van der Waals surface area (Å²) >= 11 is 2.40. The van der Waals surface area contributed by atoms with E-state index in [1.807, 2.05) is 7.05 Å². The molecule has 0 radical (unpaired) electrons. The molecule has 1 rings (SSSR count). The van der Waals surface area contributed by atoms with Gasteiger partial charge >= 0.3 is 0 Å². The normalized spacial score (nSPS) is 14.8. The van der Waals surface area contributed by atoms with Crippen LogP contribution < -0.4 is 5.32 Å². The van der Waals surface area contributed by atoms with E-state index in [9.17, 15) is 0 Å². The van der Waals surface area contributed by atoms with Gasteiger partial charge in [0.1, 0.15) is 0 Å². The minimum absolute atomic E-state index is 0.406. The van der Waals surface area contributed by atoms with Gasteiger partial charge in [-0.05, 0) is 53.6 Å². The number of benzene rings is 1. The van der Waals surface area contributed by atoms with E-state index < -0.39 is 0 Å². The van der Waals surface area contributed by atoms with Crippen LogP contribution in [-0.4, -0.2) is 20.8 Å². The van der Waals surface area contributed by atoms with Crippen molar-refractivity contribution in [2.24, 2.45) is 5.92 Å². The maximum atomic E-state index is 5.14. The lowest BCUT2D eigenvalue weighted by molar-refractivity contribution is 0.171. The Morgan fingerprint density at radius 2 is 2.06 bits per heavy atom. The molecule has 0 saturated heterocycles. The van der Waals surface area contributed by atoms with Gasteiger partial charge < -0.3 is 10.1 Å². The zero-order valence-corrected chi connectivity index (χ0v) is 12.3. The molecule has 1 N–H and O–H groups in total. The van der Waals surface area contributed by atoms with Crippen molar-refractivity contribution in [1.29, 1.82) is 0 Å². The number of halogens is 1. The number of hydrogen-bond donors (Lipinski definition) is 1. The molecule has 0 fully saturated rings. The van der Waals surface area contributed by atoms with Crippen LogP contribution in [0.15, 0.2) is 24.3 Å². The molecule has 0 saturated carbocycles. The van der Waals surface area contributed by atoms with Crippen molar-refractivity contribution < 1.29 is 4.74 Å². The van der Waals surface area contributed by atoms with Crippen LogP contribution in [0.25, 0.3) is 0 Å². The molecule has 0 bridgehead atoms. The van der Waals surface area contributed by atoms with Crippen LogP contribution in [0.4, 0.5) is 0 Å². The van der Waals surface area contributed by atoms with Crippen LogP contribution in [0, 0.1) is 9.49 Å². The van der Waals surface area contributed by atoms with Gasteiger partial charge in [0.05, 0.1) is 0 Å². The molecule has 0 aliphatic heterocycles. The lowest BCUT2D eigenvalue weighted by Crippen LogP contribution is -2.25. The van der Waals surface area contributed by atoms with Crippen LogP contribution >= 0.6 is 22.6 Å². The van der Waals surface area contributed by atoms with Crippen molar-refractivity contribution in [2.75, 3.05) is 20.8 Å². The molecule has 0 spiro atoms. The van der Waals surface area contributed by atoms with Crippen LogP contribution in [0.3, 0.4) is 0 Å². The van der Waals surface area contributed by atoms with Gasteiger partial charge in [0.15, 0.2) is 0 Å². The van der Waals surface area contributed by atoms with Gasteiger partial charge in [0.2, 0.25) is 0 Å². The van der Waals surface area contributed by atoms with E-state index in [2.05, 4.69) is 59.1 Å². The van der Waals surface area contributed by atoms with E-state index in [1.165, 1.54) is 9.13 Å². The van der Waals surface area contributed by atoms with Gasteiger partial charge in [0.25, 0.3) is 0 Å². The quantitative estimate of drug-likeness (QED) is 0.807. The van der Waals surface area contributed by atoms with Crippen molar-refractivity contribution in [3.05, 3.63) is 33.4 Å². The Kier molecular flexibility index (Phi) is 6.31. The highest BCUT2D eigenvalue weighted by molar-refractivity contribution is 14.1. The molecule has 0 aliphatic rings. The van der Waals surface area contributed by atoms with Crippen molar-refractivity contribution in [1.82, 2.24) is 5.32 Å². The number of hydrogen-bond acceptors (Lipinski definition) is 2. The summed E-state index contributed by atoms with van der Waals surface area (Å²) in [7, 11) is 3.78. The molecule has 90 valence electrons. The van der Waals surface area contributed by atoms with Gasteiger partial charge in [-0.15, -0.1) is 0 Å². The average molecular weight is 333 g/mol. The molecule has 2 unspecified atom stereocenters. The SMILES string of the molecule is CNC(c1ccccc1I)C(C)CCOC. The number of ether oxygens (including phenoxy) is 1. The van der Waals surface area contributed by atoms with Crippen LogP contribution in [0.5, 0.6) is 0 Å². The predicted octanol–water partition coefficient (Wildman–Crippen LogP) is 3.22. The third-order valence-electron chi connectivity index (χ3n) is 2.90. The molecule has 0 aliphatic carbocycles. The summed E-state index contributed by atoms with van der Waals surface area (Å²) in [5, 5.41) is 3.41. The fourth-order valence-electron chi connectivity index (χ4n) is 1.94. The molecule has 2 atom stereocenters. The largest absolute Gasteiger partial charge is 0.385 e. The lowest BCUT2D eigenvalue weighted by Gasteiger charge is -2.24. The maximum Gasteiger partial charge on any atom is 0.0465 e. The lowest BCUT2D eigenvalue weighted by atomic mass is 9.92. The third-order valence-corrected chi connectivity index (χ3v) is 3.88. The monoisotopic (exact) mass is 333 g/mol. The Bertz CT molecular complexity index is 317. The maximum absolute atomic E-state index is 5.14. The first-order chi connectivity index (χ1) is 7.70. The molecule has 0 heterocycles. The summed E-state index contributed by atoms with van der Waals surface area (Å²) in [5.41, 5.74) is 1.38. The van der Waals surface area contributed by atoms with Crippen molar-refractivity contribution in [3.63, 3.8) is 0 Å². The first-order valence-electron chi connectivity index (χ1n) is 5.61. The highest BCUT2D eigenvalue weighted by Gasteiger charge is 2.18. The second kappa shape index (κ2) is 7.25. The summed E-state index contributed by atoms with van der Waals surface area (Å²) in [5.74, 6) is 0.570. The Morgan fingerprint density at radius 1 is 1.38 bits per heavy atom. The van der Waals surface area contributed by atoms with Crippen molar-refractivity contribution in [3.8, 4) is 0 Å². The molecule has 0 aromatic heterocycles. The highest BCUT2D eigenvalue weighted by Crippen LogP contribution is 2.27. The van der Waals surface area contributed by atoms with Gasteiger partial charge in [-0.2, -0.15) is 0 Å². The second-order valence-electron chi connectivity index (χ2n) is 4.05. The Hall–Kier alpha value is -0.130. The fourth-order valence-corrected chi connectivity index (χ4v) is 2.67. The summed E-state index contributed by atoms with van der Waals surface area (Å²) in [6, 6.07) is 8.95. The van der Waals surface area contributed by atoms with Crippen molar-refractivity contribution in [2.45, 2.75) is 19.4 Å². The van der Waals surface area contributed by atoms with E-state index in [0.717, 1.165) is 13.0 Å². The predicted molar refractivity (Wildman–Crippen MR) is 76.6 cm³/mol. The Labute approximate surface area is 112 Å². The van der Waals surface area contributed by atoms with Gasteiger partial charge in [-0.3, -0.25) is 0 Å². The van der Waals surface area contributed by atoms with Crippen LogP contribution in [0.1, 0.15) is 24.9 Å². The van der Waals surface area contributed by atoms with E-state index in [4.69, 9.17) is 4.74 Å². The highest BCUT2D eigenvalue weighted by atomic mass is 127. The molecule has 2 nitrogen and oxygen atoms in total. The Morgan fingerprint density at radius 3 is 2.62 bits per heavy atom. The Balaban J connectivity index is 2.77. The van der Waals surface area contributed by atoms with Gasteiger partial charge in [-0.25, -0.2) is 0 Å². The standard InChI is InChI=1S/C13H20INO/c1-10(8-9-16-3)13(15-2)11-6-4-5-7-12(11)14/h4-7,10,13,15H,8-9H2,1-3H3. The minimum atomic E-state index is 0.406. The van der Waals surface area contributed by atoms with Gasteiger partial charge in [0, 0.05) is 23.3 Å². The first kappa shape index (κ1) is 13.9. The molecule has 3 heteroatoms. The molecule has 1 aromatic rings. The zero-order chi connectivity index (χ0) is 12.0. The van der Waals surface area contributed by atoms with E-state index in [0.29, 0.717) is 12.0 Å². The van der Waals surface area contributed by atoms with E-state index in [-0.39, 0.29) is 0 Å². The van der Waals surface area contributed by atoms with Gasteiger partial charge in [-0.1, -0.05) is 25.1 Å². The molecular weight excluding hydrogens is 313 g/mol. The molecule has 16 heavy (non-hydrogen) atoms. The summed E-state index contributed by atoms with van der Waals surface area (Å²) < 4.78 is 6.47. The van der Waals surface area contributed by atoms with E-state index >= 15 is 0 Å². The van der Waals surface area contributed by atoms with E-state index in [1.54, 1.807) is 7.11 Å². The topological polar surface area (TPSA) is 21.3 Å². The number of rotatable bonds is 6. The molecule has 0 amide bonds. The van der Waals surface area contributed by atoms with Crippen LogP contribution in [0.2, 0.25) is 0 Å². The summed E-state index contributed by atoms with van der Waals surface area (Å²) in [4.78, 5) is 0. The number of nitrogens with one attached hydrogen (secondary N) is 1. The zero-order valence-electron chi connectivity index (χ0n) is 10.2. The molecular formula is C13H20INO. The second-order valence-corrected chi connectivity index (χ2v) is 5.21. The van der Waals surface area contributed by atoms with Crippen molar-refractivity contribution >= 4 is 22.6 Å².